The zero-order chi connectivity index (χ0) is 10.7. The predicted molar refractivity (Wildman–Crippen MR) is 58.8 cm³/mol. The molecule has 1 aliphatic heterocycles. The van der Waals surface area contributed by atoms with Gasteiger partial charge in [-0.15, -0.1) is 0 Å². The van der Waals surface area contributed by atoms with Crippen molar-refractivity contribution in [3.63, 3.8) is 0 Å². The van der Waals surface area contributed by atoms with Gasteiger partial charge in [0, 0.05) is 32.3 Å². The summed E-state index contributed by atoms with van der Waals surface area (Å²) >= 11 is 0. The van der Waals surface area contributed by atoms with E-state index in [2.05, 4.69) is 21.8 Å². The van der Waals surface area contributed by atoms with Crippen LogP contribution in [-0.2, 0) is 17.7 Å². The van der Waals surface area contributed by atoms with Crippen molar-refractivity contribution in [2.75, 3.05) is 20.3 Å². The molecule has 1 atom stereocenters. The van der Waals surface area contributed by atoms with Crippen molar-refractivity contribution >= 4 is 0 Å². The van der Waals surface area contributed by atoms with Crippen molar-refractivity contribution in [2.24, 2.45) is 0 Å². The number of ether oxygens (including phenoxy) is 1. The number of fused-ring (bicyclic) bond motifs is 1. The van der Waals surface area contributed by atoms with E-state index in [0.717, 1.165) is 32.5 Å². The molecular weight excluding hydrogens is 190 g/mol. The van der Waals surface area contributed by atoms with E-state index in [1.165, 1.54) is 11.4 Å². The zero-order valence-electron chi connectivity index (χ0n) is 9.49. The monoisotopic (exact) mass is 209 g/mol. The van der Waals surface area contributed by atoms with Crippen molar-refractivity contribution in [2.45, 2.75) is 32.4 Å². The van der Waals surface area contributed by atoms with Crippen LogP contribution in [0.2, 0.25) is 0 Å². The third kappa shape index (κ3) is 2.06. The van der Waals surface area contributed by atoms with Crippen LogP contribution in [0.25, 0.3) is 0 Å². The molecule has 0 saturated heterocycles. The van der Waals surface area contributed by atoms with Gasteiger partial charge in [-0.25, -0.2) is 4.98 Å². The lowest BCUT2D eigenvalue weighted by Gasteiger charge is -2.21. The normalized spacial score (nSPS) is 17.5. The average Bonchev–Trinajstić information content (AvgIpc) is 2.70. The maximum Gasteiger partial charge on any atom is 0.0955 e. The highest BCUT2D eigenvalue weighted by Gasteiger charge is 2.18. The summed E-state index contributed by atoms with van der Waals surface area (Å²) in [4.78, 5) is 4.45. The quantitative estimate of drug-likeness (QED) is 0.808. The second kappa shape index (κ2) is 4.77. The molecule has 1 N–H and O–H groups in total. The molecule has 2 rings (SSSR count). The first-order valence-electron chi connectivity index (χ1n) is 5.61. The molecule has 0 fully saturated rings. The standard InChI is InChI=1S/C11H19N3O/c1-3-9(7-15-2)14-8-13-10-6-12-5-4-11(10)14/h8-9,12H,3-7H2,1-2H3. The van der Waals surface area contributed by atoms with Crippen LogP contribution in [0.5, 0.6) is 0 Å². The van der Waals surface area contributed by atoms with E-state index in [1.54, 1.807) is 7.11 Å². The predicted octanol–water partition coefficient (Wildman–Crippen LogP) is 1.13. The summed E-state index contributed by atoms with van der Waals surface area (Å²) in [6.45, 7) is 4.93. The van der Waals surface area contributed by atoms with E-state index >= 15 is 0 Å². The lowest BCUT2D eigenvalue weighted by Crippen LogP contribution is -2.26. The van der Waals surface area contributed by atoms with Gasteiger partial charge < -0.3 is 14.6 Å². The Kier molecular flexibility index (Phi) is 3.38. The van der Waals surface area contributed by atoms with Crippen LogP contribution < -0.4 is 5.32 Å². The topological polar surface area (TPSA) is 39.1 Å². The first kappa shape index (κ1) is 10.6. The number of imidazole rings is 1. The summed E-state index contributed by atoms with van der Waals surface area (Å²) in [7, 11) is 1.76. The highest BCUT2D eigenvalue weighted by atomic mass is 16.5. The highest BCUT2D eigenvalue weighted by molar-refractivity contribution is 5.17. The third-order valence-electron chi connectivity index (χ3n) is 3.04. The largest absolute Gasteiger partial charge is 0.383 e. The van der Waals surface area contributed by atoms with E-state index in [4.69, 9.17) is 4.74 Å². The summed E-state index contributed by atoms with van der Waals surface area (Å²) < 4.78 is 7.54. The van der Waals surface area contributed by atoms with Crippen LogP contribution in [0.15, 0.2) is 6.33 Å². The number of hydrogen-bond donors (Lipinski definition) is 1. The molecule has 1 unspecified atom stereocenters. The van der Waals surface area contributed by atoms with E-state index < -0.39 is 0 Å². The summed E-state index contributed by atoms with van der Waals surface area (Å²) in [5, 5.41) is 3.34. The Bertz CT molecular complexity index is 322. The molecule has 0 spiro atoms. The minimum atomic E-state index is 0.435. The smallest absolute Gasteiger partial charge is 0.0955 e. The van der Waals surface area contributed by atoms with Gasteiger partial charge >= 0.3 is 0 Å². The molecule has 0 saturated carbocycles. The fraction of sp³-hybridized carbons (Fsp3) is 0.727. The van der Waals surface area contributed by atoms with Crippen LogP contribution in [-0.4, -0.2) is 29.8 Å². The Labute approximate surface area is 90.6 Å². The van der Waals surface area contributed by atoms with E-state index in [1.807, 2.05) is 6.33 Å². The fourth-order valence-electron chi connectivity index (χ4n) is 2.16. The van der Waals surface area contributed by atoms with Gasteiger partial charge in [-0.3, -0.25) is 0 Å². The van der Waals surface area contributed by atoms with Crippen LogP contribution in [0.1, 0.15) is 30.8 Å². The molecule has 0 aromatic carbocycles. The molecule has 0 radical (unpaired) electrons. The maximum absolute atomic E-state index is 5.25. The number of aromatic nitrogens is 2. The summed E-state index contributed by atoms with van der Waals surface area (Å²) in [5.41, 5.74) is 2.59. The second-order valence-corrected chi connectivity index (χ2v) is 3.99. The summed E-state index contributed by atoms with van der Waals surface area (Å²) in [6.07, 6.45) is 4.13. The number of hydrogen-bond acceptors (Lipinski definition) is 3. The van der Waals surface area contributed by atoms with Gasteiger partial charge in [-0.2, -0.15) is 0 Å². The van der Waals surface area contributed by atoms with Gasteiger partial charge in [-0.05, 0) is 6.42 Å². The van der Waals surface area contributed by atoms with Crippen molar-refractivity contribution in [1.29, 1.82) is 0 Å². The van der Waals surface area contributed by atoms with Crippen LogP contribution in [0, 0.1) is 0 Å². The molecule has 0 bridgehead atoms. The molecule has 15 heavy (non-hydrogen) atoms. The van der Waals surface area contributed by atoms with E-state index in [0.29, 0.717) is 6.04 Å². The van der Waals surface area contributed by atoms with Crippen LogP contribution >= 0.6 is 0 Å². The number of nitrogens with one attached hydrogen (secondary N) is 1. The Morgan fingerprint density at radius 2 is 2.53 bits per heavy atom. The molecule has 4 nitrogen and oxygen atoms in total. The molecular formula is C11H19N3O. The minimum Gasteiger partial charge on any atom is -0.383 e. The van der Waals surface area contributed by atoms with Gasteiger partial charge in [0.25, 0.3) is 0 Å². The van der Waals surface area contributed by atoms with Crippen molar-refractivity contribution < 1.29 is 4.74 Å². The van der Waals surface area contributed by atoms with Crippen LogP contribution in [0.3, 0.4) is 0 Å². The molecule has 1 aromatic heterocycles. The molecule has 84 valence electrons. The Balaban J connectivity index is 2.22. The molecule has 2 heterocycles. The van der Waals surface area contributed by atoms with Crippen molar-refractivity contribution in [3.05, 3.63) is 17.7 Å². The number of methoxy groups -OCH3 is 1. The van der Waals surface area contributed by atoms with Gasteiger partial charge in [0.2, 0.25) is 0 Å². The maximum atomic E-state index is 5.25. The van der Waals surface area contributed by atoms with Gasteiger partial charge in [0.05, 0.1) is 24.7 Å². The average molecular weight is 209 g/mol. The summed E-state index contributed by atoms with van der Waals surface area (Å²) in [5.74, 6) is 0. The molecule has 4 heteroatoms. The lowest BCUT2D eigenvalue weighted by molar-refractivity contribution is 0.151. The zero-order valence-corrected chi connectivity index (χ0v) is 9.49. The highest BCUT2D eigenvalue weighted by Crippen LogP contribution is 2.19. The van der Waals surface area contributed by atoms with Gasteiger partial charge in [-0.1, -0.05) is 6.92 Å². The van der Waals surface area contributed by atoms with Crippen molar-refractivity contribution in [1.82, 2.24) is 14.9 Å². The van der Waals surface area contributed by atoms with E-state index in [-0.39, 0.29) is 0 Å². The third-order valence-corrected chi connectivity index (χ3v) is 3.04. The first-order valence-corrected chi connectivity index (χ1v) is 5.61. The fourth-order valence-corrected chi connectivity index (χ4v) is 2.16. The first-order chi connectivity index (χ1) is 7.36. The lowest BCUT2D eigenvalue weighted by atomic mass is 10.1. The Hall–Kier alpha value is -0.870. The number of rotatable bonds is 4. The van der Waals surface area contributed by atoms with Gasteiger partial charge in [0.1, 0.15) is 0 Å². The second-order valence-electron chi connectivity index (χ2n) is 3.99. The van der Waals surface area contributed by atoms with E-state index in [9.17, 15) is 0 Å². The minimum absolute atomic E-state index is 0.435. The molecule has 0 aliphatic carbocycles. The molecule has 1 aromatic rings. The molecule has 1 aliphatic rings. The van der Waals surface area contributed by atoms with Crippen LogP contribution in [0.4, 0.5) is 0 Å². The summed E-state index contributed by atoms with van der Waals surface area (Å²) in [6, 6.07) is 0.435. The van der Waals surface area contributed by atoms with Gasteiger partial charge in [0.15, 0.2) is 0 Å². The Morgan fingerprint density at radius 3 is 3.27 bits per heavy atom. The number of nitrogens with zero attached hydrogens (tertiary/aromatic N) is 2. The van der Waals surface area contributed by atoms with Crippen molar-refractivity contribution in [3.8, 4) is 0 Å². The Morgan fingerprint density at radius 1 is 1.67 bits per heavy atom. The molecule has 0 amide bonds. The SMILES string of the molecule is CCC(COC)n1cnc2c1CCNC2.